The summed E-state index contributed by atoms with van der Waals surface area (Å²) < 4.78 is 27.5. The van der Waals surface area contributed by atoms with Gasteiger partial charge in [-0.2, -0.15) is 19.9 Å². The average Bonchev–Trinajstić information content (AvgIpc) is 1.55. The van der Waals surface area contributed by atoms with Crippen molar-refractivity contribution in [2.45, 2.75) is 14.9 Å². The number of furan rings is 4. The highest BCUT2D eigenvalue weighted by atomic mass is 79.9. The third-order valence-corrected chi connectivity index (χ3v) is 24.5. The number of para-hydroxylation sites is 10. The fourth-order valence-electron chi connectivity index (χ4n) is 16.7. The Bertz CT molecular complexity index is 8600. The van der Waals surface area contributed by atoms with Crippen molar-refractivity contribution in [1.82, 2.24) is 39.5 Å². The predicted octanol–water partition coefficient (Wildman–Crippen LogP) is 34.1. The molecule has 14 nitrogen and oxygen atoms in total. The van der Waals surface area contributed by atoms with Crippen molar-refractivity contribution in [2.24, 2.45) is 0 Å². The Hall–Kier alpha value is -16.3. The van der Waals surface area contributed by atoms with Gasteiger partial charge in [0, 0.05) is 92.4 Å². The molecule has 0 atom stereocenters. The second-order valence-corrected chi connectivity index (χ2v) is 33.2. The lowest BCUT2D eigenvalue weighted by Crippen LogP contribution is -2.06. The number of halogens is 4. The van der Waals surface area contributed by atoms with E-state index in [2.05, 4.69) is 222 Å². The Kier molecular flexibility index (Phi) is 25.2. The van der Waals surface area contributed by atoms with Crippen LogP contribution in [0.1, 0.15) is 14.9 Å². The Balaban J connectivity index is 0.000000111. The number of hydrogen-bond acceptors (Lipinski definition) is 12. The number of nitrogens with two attached hydrogens (primary N) is 1. The van der Waals surface area contributed by atoms with Gasteiger partial charge in [0.1, 0.15) is 33.4 Å². The molecule has 18 aromatic carbocycles. The first-order valence-corrected chi connectivity index (χ1v) is 44.7. The second-order valence-electron chi connectivity index (χ2n) is 31.2. The molecule has 0 bridgehead atoms. The van der Waals surface area contributed by atoms with E-state index in [-0.39, 0.29) is 20.1 Å². The molecule has 26 rings (SSSR count). The number of hydrogen-bond donors (Lipinski definition) is 3. The molecule has 8 heterocycles. The van der Waals surface area contributed by atoms with E-state index in [9.17, 15) is 0 Å². The third-order valence-electron chi connectivity index (χ3n) is 23.0. The number of H-pyrrole nitrogens is 1. The van der Waals surface area contributed by atoms with Crippen LogP contribution in [0.2, 0.25) is 15.3 Å². The number of fused-ring (bicyclic) bond motifs is 20. The molecule has 134 heavy (non-hydrogen) atoms. The van der Waals surface area contributed by atoms with Gasteiger partial charge in [0.05, 0.1) is 42.6 Å². The van der Waals surface area contributed by atoms with E-state index < -0.39 is 0 Å². The number of benzene rings is 18. The van der Waals surface area contributed by atoms with Crippen molar-refractivity contribution < 1.29 is 17.7 Å². The summed E-state index contributed by atoms with van der Waals surface area (Å²) in [7, 11) is 0. The van der Waals surface area contributed by atoms with Crippen molar-refractivity contribution in [3.63, 3.8) is 0 Å². The minimum absolute atomic E-state index is 0. The summed E-state index contributed by atoms with van der Waals surface area (Å²) in [6.07, 6.45) is 0. The van der Waals surface area contributed by atoms with Crippen molar-refractivity contribution in [3.05, 3.63) is 444 Å². The molecule has 0 amide bonds. The molecule has 18 heteroatoms. The van der Waals surface area contributed by atoms with E-state index in [1.807, 2.05) is 237 Å². The standard InChI is InChI=1S/C39H24N4O.C21H14ClN3.C18H12ClNO.C18H11NO.C12H7BrO.C6H6ClN.2CH4/c1-3-11-25(12-4-1)26-19-21-28(22-20-26)38-40-37(27-13-5-2-6-14-27)41-39(42-38)43-33-17-9-7-15-29(33)31-23-24-32-30-16-8-10-18-34(30)44-36(32)35(31)43;22-21-24-19(17-9-5-2-6-10-17)23-20(25-21)18-13-11-16(12-14-18)15-7-3-1-4-8-15;19-14-8-2-3-9-15(14)20-16-10-5-7-13-12-6-1-4-11-17(12)21-18(13)16;1-3-7-15-11(5-1)13-9-10-14-12-6-2-4-8-16(12)20-18(14)17(13)19-15;13-10-6-3-5-9-8-4-1-2-7-11(8)14-12(9)10;7-5-3-1-2-4-6(5)8;;/h1-24H;1-14H;1-11,20H;1-10,19H;1-7H;1-4H,8H2;2*1H4. The number of anilines is 3. The van der Waals surface area contributed by atoms with E-state index in [1.165, 1.54) is 38.1 Å². The lowest BCUT2D eigenvalue weighted by Gasteiger charge is -2.11. The van der Waals surface area contributed by atoms with Crippen LogP contribution in [0.5, 0.6) is 0 Å². The minimum atomic E-state index is 0. The van der Waals surface area contributed by atoms with Crippen LogP contribution in [0.15, 0.2) is 447 Å². The maximum Gasteiger partial charge on any atom is 0.238 e. The molecule has 0 unspecified atom stereocenters. The summed E-state index contributed by atoms with van der Waals surface area (Å²) in [6.45, 7) is 0. The monoisotopic (exact) mass is 1860 g/mol. The normalized spacial score (nSPS) is 11.0. The van der Waals surface area contributed by atoms with Crippen molar-refractivity contribution in [1.29, 1.82) is 0 Å². The Morgan fingerprint density at radius 2 is 0.619 bits per heavy atom. The van der Waals surface area contributed by atoms with E-state index in [4.69, 9.17) is 73.2 Å². The number of rotatable bonds is 9. The molecule has 0 fully saturated rings. The van der Waals surface area contributed by atoms with Crippen molar-refractivity contribution in [2.75, 3.05) is 11.1 Å². The van der Waals surface area contributed by atoms with Gasteiger partial charge in [-0.25, -0.2) is 9.97 Å². The van der Waals surface area contributed by atoms with Gasteiger partial charge in [0.2, 0.25) is 11.2 Å². The van der Waals surface area contributed by atoms with Crippen LogP contribution in [0, 0.1) is 0 Å². The molecule has 0 aliphatic carbocycles. The van der Waals surface area contributed by atoms with Crippen LogP contribution >= 0.6 is 50.7 Å². The van der Waals surface area contributed by atoms with Gasteiger partial charge in [0.15, 0.2) is 40.0 Å². The van der Waals surface area contributed by atoms with Gasteiger partial charge in [-0.15, -0.1) is 0 Å². The van der Waals surface area contributed by atoms with Crippen LogP contribution in [0.25, 0.3) is 205 Å². The molecule has 0 saturated heterocycles. The highest BCUT2D eigenvalue weighted by Gasteiger charge is 2.24. The Morgan fingerprint density at radius 3 is 1.13 bits per heavy atom. The van der Waals surface area contributed by atoms with Gasteiger partial charge in [-0.05, 0) is 135 Å². The number of nitrogens with one attached hydrogen (secondary N) is 2. The molecule has 8 aromatic heterocycles. The van der Waals surface area contributed by atoms with Crippen LogP contribution in [-0.2, 0) is 0 Å². The topological polar surface area (TPSA) is 189 Å². The highest BCUT2D eigenvalue weighted by molar-refractivity contribution is 9.10. The number of aromatic amines is 1. The summed E-state index contributed by atoms with van der Waals surface area (Å²) >= 11 is 21.4. The fraction of sp³-hybridized carbons (Fsp3) is 0.0172. The molecule has 0 spiro atoms. The van der Waals surface area contributed by atoms with Gasteiger partial charge >= 0.3 is 0 Å². The van der Waals surface area contributed by atoms with E-state index >= 15 is 0 Å². The smallest absolute Gasteiger partial charge is 0.238 e. The molecular formula is C116H82BrCl3N10O4. The van der Waals surface area contributed by atoms with E-state index in [0.29, 0.717) is 45.0 Å². The zero-order valence-corrected chi connectivity index (χ0v) is 74.1. The van der Waals surface area contributed by atoms with Crippen LogP contribution in [-0.4, -0.2) is 39.5 Å². The number of nitrogens with zero attached hydrogens (tertiary/aromatic N) is 7. The highest BCUT2D eigenvalue weighted by Crippen LogP contribution is 2.43. The zero-order chi connectivity index (χ0) is 89.0. The summed E-state index contributed by atoms with van der Waals surface area (Å²) in [4.78, 5) is 31.8. The molecule has 4 N–H and O–H groups in total. The summed E-state index contributed by atoms with van der Waals surface area (Å²) in [5.74, 6) is 2.90. The minimum Gasteiger partial charge on any atom is -0.455 e. The fourth-order valence-corrected chi connectivity index (χ4v) is 17.6. The first-order valence-electron chi connectivity index (χ1n) is 42.7. The molecule has 0 aliphatic rings. The lowest BCUT2D eigenvalue weighted by molar-refractivity contribution is 0.666. The maximum absolute atomic E-state index is 6.55. The Morgan fingerprint density at radius 1 is 0.269 bits per heavy atom. The van der Waals surface area contributed by atoms with Crippen molar-refractivity contribution in [3.8, 4) is 73.8 Å². The van der Waals surface area contributed by atoms with Crippen LogP contribution in [0.3, 0.4) is 0 Å². The average molecular weight is 1870 g/mol. The summed E-state index contributed by atoms with van der Waals surface area (Å²) in [6, 6.07) is 142. The Labute approximate surface area is 794 Å². The molecule has 0 saturated carbocycles. The zero-order valence-electron chi connectivity index (χ0n) is 70.3. The predicted molar refractivity (Wildman–Crippen MR) is 561 cm³/mol. The number of aromatic nitrogens is 8. The van der Waals surface area contributed by atoms with Gasteiger partial charge < -0.3 is 33.7 Å². The van der Waals surface area contributed by atoms with Gasteiger partial charge in [-0.1, -0.05) is 378 Å². The first-order chi connectivity index (χ1) is 65.0. The van der Waals surface area contributed by atoms with Crippen LogP contribution in [0.4, 0.5) is 17.1 Å². The summed E-state index contributed by atoms with van der Waals surface area (Å²) in [5.41, 5.74) is 27.4. The number of nitrogen functional groups attached to an aromatic ring is 1. The van der Waals surface area contributed by atoms with E-state index in [0.717, 1.165) is 154 Å². The van der Waals surface area contributed by atoms with Crippen LogP contribution < -0.4 is 11.1 Å². The third kappa shape index (κ3) is 17.7. The molecule has 0 radical (unpaired) electrons. The quantitative estimate of drug-likeness (QED) is 0.116. The maximum atomic E-state index is 6.55. The summed E-state index contributed by atoms with van der Waals surface area (Å²) in [5, 5.41) is 18.5. The first kappa shape index (κ1) is 87.1. The van der Waals surface area contributed by atoms with Gasteiger partial charge in [0.25, 0.3) is 0 Å². The SMILES string of the molecule is Brc1cccc2c1oc1ccccc12.C.C.Clc1ccccc1Nc1cccc2c1oc1ccccc12.Clc1nc(-c2ccccc2)nc(-c2ccc(-c3ccccc3)cc2)n1.Nc1ccccc1Cl.c1ccc(-c2ccc(-c3nc(-c4ccccc4)nc(-n4c5ccccc5c5ccc6c7ccccc7oc6c54)n3)cc2)cc1.c1ccc2c(c1)[nH]c1c2ccc2c3ccccc3oc21. The largest absolute Gasteiger partial charge is 0.455 e. The van der Waals surface area contributed by atoms with Crippen molar-refractivity contribution >= 4 is 199 Å². The molecule has 648 valence electrons. The second kappa shape index (κ2) is 38.8. The van der Waals surface area contributed by atoms with Gasteiger partial charge in [-0.3, -0.25) is 4.57 Å². The molecule has 0 aliphatic heterocycles. The molecule has 26 aromatic rings. The molecular weight excluding hydrogens is 1780 g/mol. The lowest BCUT2D eigenvalue weighted by atomic mass is 10.0. The van der Waals surface area contributed by atoms with E-state index in [1.54, 1.807) is 12.1 Å².